The van der Waals surface area contributed by atoms with Crippen molar-refractivity contribution in [3.8, 4) is 46.3 Å². The second-order valence-electron chi connectivity index (χ2n) is 29.0. The van der Waals surface area contributed by atoms with Crippen LogP contribution < -0.4 is 34.1 Å². The van der Waals surface area contributed by atoms with Crippen molar-refractivity contribution in [2.45, 2.75) is 102 Å². The van der Waals surface area contributed by atoms with Crippen LogP contribution in [-0.4, -0.2) is 268 Å². The number of likely N-dealkylation sites (tertiary alicyclic amines) is 3. The standard InChI is InChI=1S/C19H22N8O3.C18H21N9O2.C17H18N8O2.C13H13N7O.C7H13NO2.CH5NO/c20-18-23-16-13(17-22-15(24-27(17)18)14-2-1-9-28-14)12-21-26(16)8-7-25-5-3-19(4-6-25)29-10-11-30-19;1-28-24-12-4-6-25(7-5-12)8-9-26-16-13(11-20-26)17-21-15(14-3-2-10-29-14)23-27(17)18(19)22-16;18-17-21-15-12(16-20-14(22-25(16)17)13-2-1-9-27-13)10-19-24(15)8-7-23-5-3-11(26)4-6-23;1-2-5-19-11-8(7-15-19)12-16-10(9-4-3-6-21-9)18-20(12)13(14)17-11;1-3-8-4-2-7(1)9-5-6-10-7;1-3-2/h1-2,9,12H,3-8,10-11H2,(H2,20,23);2-3,10-11H,4-9H2,1H3,(H2,19,22);1-2,9-10H,3-8H2,(H2,18,21);3-4,6-7H,2,5H2,1H3,(H2,14,17);8H,1-6H2;2H2,1H3. The predicted molar refractivity (Wildman–Crippen MR) is 434 cm³/mol. The minimum Gasteiger partial charge on any atom is -0.461 e. The Morgan fingerprint density at radius 2 is 0.725 bits per heavy atom. The summed E-state index contributed by atoms with van der Waals surface area (Å²) in [6.45, 7) is 17.9. The zero-order valence-corrected chi connectivity index (χ0v) is 66.4. The summed E-state index contributed by atoms with van der Waals surface area (Å²) < 4.78 is 57.6. The van der Waals surface area contributed by atoms with Crippen molar-refractivity contribution >= 4 is 102 Å². The summed E-state index contributed by atoms with van der Waals surface area (Å²) in [6.07, 6.45) is 21.2. The molecule has 45 nitrogen and oxygen atoms in total. The molecule has 6 aliphatic rings. The van der Waals surface area contributed by atoms with E-state index in [-0.39, 0.29) is 35.4 Å². The molecule has 0 bridgehead atoms. The van der Waals surface area contributed by atoms with Crippen molar-refractivity contribution in [1.29, 1.82) is 0 Å². The number of hydrogen-bond donors (Lipinski definition) is 6. The molecule has 2 spiro atoms. The van der Waals surface area contributed by atoms with Crippen molar-refractivity contribution in [3.63, 3.8) is 0 Å². The molecule has 45 heteroatoms. The highest BCUT2D eigenvalue weighted by Gasteiger charge is 2.40. The summed E-state index contributed by atoms with van der Waals surface area (Å²) in [7, 11) is 2.99. The summed E-state index contributed by atoms with van der Waals surface area (Å²) in [5, 5.41) is 46.0. The summed E-state index contributed by atoms with van der Waals surface area (Å²) in [5.74, 6) is 9.37. The highest BCUT2D eigenvalue weighted by molar-refractivity contribution is 5.93. The Labute approximate surface area is 681 Å². The van der Waals surface area contributed by atoms with Gasteiger partial charge in [-0.25, -0.2) is 44.6 Å². The molecule has 0 aliphatic carbocycles. The van der Waals surface area contributed by atoms with Crippen molar-refractivity contribution in [2.75, 3.05) is 136 Å². The number of nitrogen functional groups attached to an aromatic ring is 4. The third-order valence-electron chi connectivity index (χ3n) is 21.4. The lowest BCUT2D eigenvalue weighted by Gasteiger charge is -2.37. The van der Waals surface area contributed by atoms with Gasteiger partial charge in [-0.2, -0.15) is 58.4 Å². The average molecular weight is 1650 g/mol. The van der Waals surface area contributed by atoms with Gasteiger partial charge in [0.2, 0.25) is 47.1 Å². The van der Waals surface area contributed by atoms with Gasteiger partial charge >= 0.3 is 0 Å². The number of hydrogen-bond acceptors (Lipinski definition) is 37. The first kappa shape index (κ1) is 79.6. The minimum absolute atomic E-state index is 0.189. The number of aromatic nitrogens is 24. The van der Waals surface area contributed by atoms with Crippen LogP contribution in [0, 0.1) is 0 Å². The lowest BCUT2D eigenvalue weighted by Crippen LogP contribution is -2.45. The Bertz CT molecular complexity index is 6120. The molecular formula is C75H92N34O11. The monoisotopic (exact) mass is 1640 g/mol. The van der Waals surface area contributed by atoms with Gasteiger partial charge in [-0.05, 0) is 55.0 Å². The molecule has 16 aromatic heterocycles. The second kappa shape index (κ2) is 35.4. The number of ketones is 1. The van der Waals surface area contributed by atoms with Gasteiger partial charge in [0, 0.05) is 130 Å². The Morgan fingerprint density at radius 1 is 0.417 bits per heavy atom. The number of Topliss-reactive ketones (excluding diaryl/α,β-unsaturated/α-hetero) is 1. The molecular weight excluding hydrogens is 1550 g/mol. The molecule has 0 unspecified atom stereocenters. The van der Waals surface area contributed by atoms with E-state index < -0.39 is 0 Å². The van der Waals surface area contributed by atoms with Crippen LogP contribution in [0.3, 0.4) is 0 Å². The number of furan rings is 4. The smallest absolute Gasteiger partial charge is 0.225 e. The van der Waals surface area contributed by atoms with Crippen molar-refractivity contribution < 1.29 is 51.1 Å². The maximum Gasteiger partial charge on any atom is 0.225 e. The number of oxime groups is 1. The fourth-order valence-corrected chi connectivity index (χ4v) is 15.2. The molecule has 0 aromatic carbocycles. The van der Waals surface area contributed by atoms with Crippen LogP contribution in [0.1, 0.15) is 64.7 Å². The molecule has 0 amide bonds. The maximum absolute atomic E-state index is 11.4. The SMILES string of the molecule is C1CC2(CCN1)OCCO2.CCCn1ncc2c1nc(N)n1nc(-c3ccco3)nc21.CON.CON=C1CCN(CCn2ncc3c2nc(N)n2nc(-c4ccco4)nc32)CC1.Nc1nc2c(cnn2CCN2CCC(=O)CC2)c2nc(-c3ccco3)nn12.Nc1nc2c(cnn2CCN2CCC3(CC2)OCCO3)c2nc(-c3ccco3)nn12. The van der Waals surface area contributed by atoms with Crippen molar-refractivity contribution in [2.24, 2.45) is 11.1 Å². The number of nitrogens with zero attached hydrogens (tertiary/aromatic N) is 28. The fraction of sp³-hybridized carbons (Fsp3) is 0.440. The number of piperidine rings is 4. The molecule has 628 valence electrons. The molecule has 0 atom stereocenters. The number of nitrogens with one attached hydrogen (secondary N) is 1. The maximum atomic E-state index is 11.4. The highest BCUT2D eigenvalue weighted by atomic mass is 16.7. The fourth-order valence-electron chi connectivity index (χ4n) is 15.2. The zero-order chi connectivity index (χ0) is 82.3. The molecule has 16 aromatic rings. The Morgan fingerprint density at radius 3 is 1.03 bits per heavy atom. The first-order valence-corrected chi connectivity index (χ1v) is 39.7. The van der Waals surface area contributed by atoms with Crippen LogP contribution in [0.4, 0.5) is 23.8 Å². The van der Waals surface area contributed by atoms with Gasteiger partial charge in [-0.15, -0.1) is 20.4 Å². The van der Waals surface area contributed by atoms with Gasteiger partial charge in [-0.3, -0.25) is 4.79 Å². The lowest BCUT2D eigenvalue weighted by molar-refractivity contribution is -0.185. The van der Waals surface area contributed by atoms with E-state index in [9.17, 15) is 4.79 Å². The molecule has 6 saturated heterocycles. The molecule has 120 heavy (non-hydrogen) atoms. The van der Waals surface area contributed by atoms with Gasteiger partial charge in [0.25, 0.3) is 0 Å². The van der Waals surface area contributed by atoms with Crippen LogP contribution in [0.25, 0.3) is 113 Å². The Hall–Kier alpha value is -12.9. The van der Waals surface area contributed by atoms with E-state index in [2.05, 4.69) is 123 Å². The second-order valence-corrected chi connectivity index (χ2v) is 29.0. The first-order valence-electron chi connectivity index (χ1n) is 39.7. The van der Waals surface area contributed by atoms with E-state index in [1.165, 1.54) is 25.2 Å². The van der Waals surface area contributed by atoms with Crippen LogP contribution in [0.5, 0.6) is 0 Å². The van der Waals surface area contributed by atoms with Crippen LogP contribution >= 0.6 is 0 Å². The number of nitrogens with two attached hydrogens (primary N) is 5. The van der Waals surface area contributed by atoms with Crippen LogP contribution in [0.2, 0.25) is 0 Å². The number of carbonyl (C=O) groups excluding carboxylic acids is 1. The third-order valence-corrected chi connectivity index (χ3v) is 21.4. The van der Waals surface area contributed by atoms with E-state index in [4.69, 9.17) is 64.4 Å². The van der Waals surface area contributed by atoms with Gasteiger partial charge in [-0.1, -0.05) is 12.1 Å². The average Bonchev–Trinajstić information content (AvgIpc) is 1.62. The number of rotatable bonds is 16. The van der Waals surface area contributed by atoms with Crippen molar-refractivity contribution in [3.05, 3.63) is 98.4 Å². The van der Waals surface area contributed by atoms with Crippen LogP contribution in [0.15, 0.2) is 121 Å². The summed E-state index contributed by atoms with van der Waals surface area (Å²) in [4.78, 5) is 63.2. The number of carbonyl (C=O) groups is 1. The molecule has 6 aliphatic heterocycles. The Kier molecular flexibility index (Phi) is 23.5. The normalized spacial score (nSPS) is 17.0. The molecule has 0 radical (unpaired) electrons. The molecule has 22 heterocycles. The van der Waals surface area contributed by atoms with E-state index in [1.807, 2.05) is 24.8 Å². The van der Waals surface area contributed by atoms with Gasteiger partial charge in [0.1, 0.15) is 12.9 Å². The lowest BCUT2D eigenvalue weighted by atomic mass is 10.0. The number of ether oxygens (including phenoxy) is 4. The molecule has 0 saturated carbocycles. The molecule has 6 fully saturated rings. The number of fused-ring (bicyclic) bond motifs is 12. The van der Waals surface area contributed by atoms with E-state index in [1.54, 1.807) is 99.4 Å². The Balaban J connectivity index is 0.000000109. The zero-order valence-electron chi connectivity index (χ0n) is 66.4. The van der Waals surface area contributed by atoms with E-state index in [0.717, 1.165) is 170 Å². The molecule has 22 rings (SSSR count). The largest absolute Gasteiger partial charge is 0.461 e. The highest BCUT2D eigenvalue weighted by Crippen LogP contribution is 2.34. The van der Waals surface area contributed by atoms with Crippen molar-refractivity contribution in [1.82, 2.24) is 137 Å². The third kappa shape index (κ3) is 16.8. The minimum atomic E-state index is -0.351. The van der Waals surface area contributed by atoms with Gasteiger partial charge < -0.3 is 89.2 Å². The van der Waals surface area contributed by atoms with Gasteiger partial charge in [0.15, 0.2) is 79.8 Å². The van der Waals surface area contributed by atoms with E-state index in [0.29, 0.717) is 137 Å². The van der Waals surface area contributed by atoms with Gasteiger partial charge in [0.05, 0.1) is 130 Å². The first-order chi connectivity index (χ1) is 58.7. The topological polar surface area (TPSA) is 533 Å². The number of aryl methyl sites for hydroxylation is 1. The summed E-state index contributed by atoms with van der Waals surface area (Å²) >= 11 is 0. The predicted octanol–water partition coefficient (Wildman–Crippen LogP) is 4.90. The van der Waals surface area contributed by atoms with E-state index >= 15 is 0 Å². The quantitative estimate of drug-likeness (QED) is 0.0701. The molecule has 11 N–H and O–H groups in total. The summed E-state index contributed by atoms with van der Waals surface area (Å²) in [6, 6.07) is 14.4. The summed E-state index contributed by atoms with van der Waals surface area (Å²) in [5.41, 5.74) is 30.8. The number of anilines is 4. The van der Waals surface area contributed by atoms with Crippen LogP contribution in [-0.2, 0) is 59.6 Å².